The number of allylic oxidation sites excluding steroid dienone is 3. The molecule has 1 N–H and O–H groups in total. The van der Waals surface area contributed by atoms with Gasteiger partial charge in [-0.15, -0.1) is 0 Å². The van der Waals surface area contributed by atoms with Crippen LogP contribution < -0.4 is 10.1 Å². The minimum atomic E-state index is -4.66. The Morgan fingerprint density at radius 3 is 2.40 bits per heavy atom. The third-order valence-corrected chi connectivity index (χ3v) is 10.5. The molecule has 13 heteroatoms. The van der Waals surface area contributed by atoms with Crippen LogP contribution in [0.4, 0.5) is 13.2 Å². The minimum Gasteiger partial charge on any atom is -0.489 e. The zero-order valence-electron chi connectivity index (χ0n) is 27.4. The molecule has 1 saturated heterocycles. The van der Waals surface area contributed by atoms with Crippen molar-refractivity contribution in [2.75, 3.05) is 18.8 Å². The Morgan fingerprint density at radius 2 is 1.77 bits per heavy atom. The molecule has 2 aliphatic heterocycles. The molecule has 1 spiro atoms. The fourth-order valence-corrected chi connectivity index (χ4v) is 7.43. The molecule has 2 aromatic rings. The first-order chi connectivity index (χ1) is 22.4. The van der Waals surface area contributed by atoms with Gasteiger partial charge in [-0.05, 0) is 82.7 Å². The highest BCUT2D eigenvalue weighted by atomic mass is 32.2. The lowest BCUT2D eigenvalue weighted by Crippen LogP contribution is -2.50. The lowest BCUT2D eigenvalue weighted by molar-refractivity contribution is -0.158. The number of hydrogen-bond acceptors (Lipinski definition) is 7. The topological polar surface area (TPSA) is 114 Å². The molecular weight excluding hydrogens is 647 g/mol. The predicted molar refractivity (Wildman–Crippen MR) is 175 cm³/mol. The molecule has 9 nitrogen and oxygen atoms in total. The summed E-state index contributed by atoms with van der Waals surface area (Å²) in [4.78, 5) is 30.2. The highest BCUT2D eigenvalue weighted by Crippen LogP contribution is 2.36. The Morgan fingerprint density at radius 1 is 1.08 bits per heavy atom. The van der Waals surface area contributed by atoms with Gasteiger partial charge in [0, 0.05) is 18.7 Å². The maximum Gasteiger partial charge on any atom is 0.416 e. The van der Waals surface area contributed by atoms with Gasteiger partial charge < -0.3 is 14.8 Å². The average Bonchev–Trinajstić information content (AvgIpc) is 3.33. The molecule has 3 aliphatic rings. The van der Waals surface area contributed by atoms with E-state index in [0.29, 0.717) is 6.42 Å². The molecule has 1 amide bonds. The molecule has 48 heavy (non-hydrogen) atoms. The number of carbonyl (C=O) groups excluding carboxylic acids is 2. The maximum absolute atomic E-state index is 13.8. The van der Waals surface area contributed by atoms with Gasteiger partial charge in [-0.1, -0.05) is 48.1 Å². The number of halogens is 3. The van der Waals surface area contributed by atoms with Crippen LogP contribution in [0.3, 0.4) is 0 Å². The highest BCUT2D eigenvalue weighted by Gasteiger charge is 2.48. The molecule has 2 aromatic carbocycles. The van der Waals surface area contributed by atoms with Crippen LogP contribution in [0, 0.1) is 5.92 Å². The van der Waals surface area contributed by atoms with Crippen molar-refractivity contribution in [2.24, 2.45) is 10.9 Å². The second kappa shape index (κ2) is 13.5. The summed E-state index contributed by atoms with van der Waals surface area (Å²) in [5.41, 5.74) is -0.236. The summed E-state index contributed by atoms with van der Waals surface area (Å²) in [6.07, 6.45) is -0.239. The van der Waals surface area contributed by atoms with Gasteiger partial charge in [-0.25, -0.2) is 12.7 Å². The molecule has 1 aliphatic carbocycles. The quantitative estimate of drug-likeness (QED) is 0.326. The van der Waals surface area contributed by atoms with Crippen molar-refractivity contribution in [3.05, 3.63) is 88.5 Å². The van der Waals surface area contributed by atoms with Crippen LogP contribution in [0.5, 0.6) is 5.75 Å². The van der Waals surface area contributed by atoms with Crippen molar-refractivity contribution in [1.29, 1.82) is 0 Å². The molecule has 1 unspecified atom stereocenters. The Balaban J connectivity index is 1.23. The number of piperidine rings is 1. The molecule has 5 rings (SSSR count). The molecule has 0 saturated carbocycles. The summed E-state index contributed by atoms with van der Waals surface area (Å²) in [5, 5.41) is 2.63. The fraction of sp³-hybridized carbons (Fsp3) is 0.457. The van der Waals surface area contributed by atoms with Crippen LogP contribution >= 0.6 is 0 Å². The average molecular weight is 688 g/mol. The summed E-state index contributed by atoms with van der Waals surface area (Å²) in [5.74, 6) is -1.41. The van der Waals surface area contributed by atoms with Crippen molar-refractivity contribution < 1.29 is 40.7 Å². The first-order valence-corrected chi connectivity index (χ1v) is 17.4. The second-order valence-electron chi connectivity index (χ2n) is 13.4. The standard InChI is InChI=1S/C35H40F3N3O6S/c1-23-18-26(31(42)47-33(2,3)4)11-10-25(23)12-17-48(44,45)41-15-13-34(14-16-41)32(43)39-30(40-34)27-19-28(35(36,37)38)21-29(20-27)46-22-24-8-6-5-7-9-24/h5-11,19-21,26H,12-18,22H2,1-4H3,(H,39,40,43). The van der Waals surface area contributed by atoms with E-state index in [4.69, 9.17) is 9.47 Å². The van der Waals surface area contributed by atoms with Gasteiger partial charge in [-0.2, -0.15) is 13.2 Å². The summed E-state index contributed by atoms with van der Waals surface area (Å²) in [6.45, 7) is 7.42. The van der Waals surface area contributed by atoms with Crippen molar-refractivity contribution >= 4 is 27.7 Å². The smallest absolute Gasteiger partial charge is 0.416 e. The van der Waals surface area contributed by atoms with E-state index in [1.807, 2.05) is 13.0 Å². The molecule has 0 bridgehead atoms. The van der Waals surface area contributed by atoms with E-state index in [0.717, 1.165) is 28.8 Å². The molecule has 0 aromatic heterocycles. The number of amidine groups is 1. The van der Waals surface area contributed by atoms with E-state index in [1.54, 1.807) is 57.2 Å². The van der Waals surface area contributed by atoms with E-state index in [-0.39, 0.29) is 67.8 Å². The van der Waals surface area contributed by atoms with Crippen LogP contribution in [0.1, 0.15) is 70.1 Å². The number of benzene rings is 2. The van der Waals surface area contributed by atoms with Crippen molar-refractivity contribution in [1.82, 2.24) is 9.62 Å². The number of nitrogens with zero attached hydrogens (tertiary/aromatic N) is 2. The Kier molecular flexibility index (Phi) is 9.94. The summed E-state index contributed by atoms with van der Waals surface area (Å²) < 4.78 is 80.6. The normalized spacial score (nSPS) is 20.1. The number of carbonyl (C=O) groups is 2. The zero-order chi connectivity index (χ0) is 34.9. The zero-order valence-corrected chi connectivity index (χ0v) is 28.2. The van der Waals surface area contributed by atoms with Crippen molar-refractivity contribution in [2.45, 2.75) is 77.3 Å². The van der Waals surface area contributed by atoms with Gasteiger partial charge >= 0.3 is 12.1 Å². The van der Waals surface area contributed by atoms with Gasteiger partial charge in [0.2, 0.25) is 10.0 Å². The molecule has 1 fully saturated rings. The van der Waals surface area contributed by atoms with Crippen molar-refractivity contribution in [3.63, 3.8) is 0 Å². The van der Waals surface area contributed by atoms with E-state index >= 15 is 0 Å². The molecule has 0 radical (unpaired) electrons. The van der Waals surface area contributed by atoms with Gasteiger partial charge in [0.15, 0.2) is 0 Å². The van der Waals surface area contributed by atoms with Crippen LogP contribution in [0.2, 0.25) is 0 Å². The number of aliphatic imine (C=N–C) groups is 1. The SMILES string of the molecule is CC1=C(CCS(=O)(=O)N2CCC3(CC2)N=C(c2cc(OCc4ccccc4)cc(C(F)(F)F)c2)NC3=O)C=CC(C(=O)OC(C)(C)C)C1. The largest absolute Gasteiger partial charge is 0.489 e. The molecule has 2 heterocycles. The lowest BCUT2D eigenvalue weighted by Gasteiger charge is -2.34. The third kappa shape index (κ3) is 8.35. The highest BCUT2D eigenvalue weighted by molar-refractivity contribution is 7.89. The number of esters is 1. The van der Waals surface area contributed by atoms with Gasteiger partial charge in [0.25, 0.3) is 5.91 Å². The Hall–Kier alpha value is -3.97. The van der Waals surface area contributed by atoms with Gasteiger partial charge in [0.05, 0.1) is 17.2 Å². The lowest BCUT2D eigenvalue weighted by atomic mass is 9.89. The van der Waals surface area contributed by atoms with E-state index in [2.05, 4.69) is 10.3 Å². The number of rotatable bonds is 9. The predicted octanol–water partition coefficient (Wildman–Crippen LogP) is 5.95. The minimum absolute atomic E-state index is 0.0110. The van der Waals surface area contributed by atoms with Crippen LogP contribution in [-0.2, 0) is 37.1 Å². The van der Waals surface area contributed by atoms with Crippen LogP contribution in [0.25, 0.3) is 0 Å². The molecule has 258 valence electrons. The third-order valence-electron chi connectivity index (χ3n) is 8.62. The summed E-state index contributed by atoms with van der Waals surface area (Å²) in [6, 6.07) is 12.2. The number of ether oxygens (including phenoxy) is 2. The monoisotopic (exact) mass is 687 g/mol. The maximum atomic E-state index is 13.8. The van der Waals surface area contributed by atoms with Crippen LogP contribution in [-0.4, -0.2) is 60.4 Å². The summed E-state index contributed by atoms with van der Waals surface area (Å²) in [7, 11) is -3.69. The first-order valence-electron chi connectivity index (χ1n) is 15.8. The second-order valence-corrected chi connectivity index (χ2v) is 15.5. The van der Waals surface area contributed by atoms with E-state index in [9.17, 15) is 31.2 Å². The first kappa shape index (κ1) is 35.3. The number of amides is 1. The summed E-state index contributed by atoms with van der Waals surface area (Å²) >= 11 is 0. The van der Waals surface area contributed by atoms with Gasteiger partial charge in [0.1, 0.15) is 29.3 Å². The van der Waals surface area contributed by atoms with E-state index < -0.39 is 44.7 Å². The molecule has 1 atom stereocenters. The van der Waals surface area contributed by atoms with Crippen molar-refractivity contribution in [3.8, 4) is 5.75 Å². The van der Waals surface area contributed by atoms with E-state index in [1.165, 1.54) is 10.4 Å². The Bertz CT molecular complexity index is 1750. The Labute approximate surface area is 278 Å². The molecular formula is C35H40F3N3O6S. The number of nitrogens with one attached hydrogen (secondary N) is 1. The number of hydrogen-bond donors (Lipinski definition) is 1. The fourth-order valence-electron chi connectivity index (χ4n) is 5.96. The number of sulfonamides is 1. The van der Waals surface area contributed by atoms with Gasteiger partial charge in [-0.3, -0.25) is 14.6 Å². The number of alkyl halides is 3. The van der Waals surface area contributed by atoms with Crippen LogP contribution in [0.15, 0.2) is 76.8 Å².